The van der Waals surface area contributed by atoms with Gasteiger partial charge in [0.05, 0.1) is 11.2 Å². The van der Waals surface area contributed by atoms with Crippen molar-refractivity contribution in [1.82, 2.24) is 9.97 Å². The zero-order chi connectivity index (χ0) is 13.6. The molecule has 0 amide bonds. The maximum atomic E-state index is 6.22. The summed E-state index contributed by atoms with van der Waals surface area (Å²) in [7, 11) is 0. The van der Waals surface area contributed by atoms with Crippen molar-refractivity contribution in [2.24, 2.45) is 5.73 Å². The van der Waals surface area contributed by atoms with Crippen LogP contribution < -0.4 is 5.73 Å². The van der Waals surface area contributed by atoms with Crippen LogP contribution in [0, 0.1) is 20.8 Å². The van der Waals surface area contributed by atoms with Crippen LogP contribution >= 0.6 is 0 Å². The summed E-state index contributed by atoms with van der Waals surface area (Å²) in [4.78, 5) is 9.20. The summed E-state index contributed by atoms with van der Waals surface area (Å²) >= 11 is 0. The molecule has 1 saturated carbocycles. The van der Waals surface area contributed by atoms with Crippen molar-refractivity contribution in [3.05, 3.63) is 46.9 Å². The minimum atomic E-state index is -0.278. The molecule has 1 aromatic heterocycles. The van der Waals surface area contributed by atoms with Crippen LogP contribution in [0.1, 0.15) is 35.5 Å². The summed E-state index contributed by atoms with van der Waals surface area (Å²) in [6.45, 7) is 6.23. The van der Waals surface area contributed by atoms with Gasteiger partial charge in [0.1, 0.15) is 5.82 Å². The van der Waals surface area contributed by atoms with Crippen molar-refractivity contribution in [3.8, 4) is 11.3 Å². The van der Waals surface area contributed by atoms with Gasteiger partial charge >= 0.3 is 0 Å². The van der Waals surface area contributed by atoms with Gasteiger partial charge < -0.3 is 5.73 Å². The van der Waals surface area contributed by atoms with E-state index >= 15 is 0 Å². The molecule has 98 valence electrons. The Bertz CT molecular complexity index is 642. The van der Waals surface area contributed by atoms with Crippen LogP contribution in [0.25, 0.3) is 11.3 Å². The first-order chi connectivity index (χ1) is 8.98. The summed E-state index contributed by atoms with van der Waals surface area (Å²) in [5, 5.41) is 0. The topological polar surface area (TPSA) is 51.8 Å². The van der Waals surface area contributed by atoms with Gasteiger partial charge in [0, 0.05) is 11.3 Å². The van der Waals surface area contributed by atoms with Gasteiger partial charge in [0.2, 0.25) is 0 Å². The average Bonchev–Trinajstić information content (AvgIpc) is 3.08. The quantitative estimate of drug-likeness (QED) is 0.895. The van der Waals surface area contributed by atoms with E-state index in [0.29, 0.717) is 0 Å². The van der Waals surface area contributed by atoms with E-state index in [1.54, 1.807) is 0 Å². The van der Waals surface area contributed by atoms with Crippen LogP contribution in [0.15, 0.2) is 24.3 Å². The molecular weight excluding hydrogens is 234 g/mol. The summed E-state index contributed by atoms with van der Waals surface area (Å²) < 4.78 is 0. The lowest BCUT2D eigenvalue weighted by Crippen LogP contribution is -2.22. The zero-order valence-corrected chi connectivity index (χ0v) is 11.7. The molecule has 0 spiro atoms. The van der Waals surface area contributed by atoms with Gasteiger partial charge in [-0.2, -0.15) is 0 Å². The molecule has 1 aromatic carbocycles. The molecule has 1 fully saturated rings. The van der Waals surface area contributed by atoms with Crippen LogP contribution in [0.5, 0.6) is 0 Å². The van der Waals surface area contributed by atoms with E-state index in [-0.39, 0.29) is 5.54 Å². The first kappa shape index (κ1) is 12.3. The molecule has 0 atom stereocenters. The maximum absolute atomic E-state index is 6.22. The maximum Gasteiger partial charge on any atom is 0.149 e. The largest absolute Gasteiger partial charge is 0.319 e. The highest BCUT2D eigenvalue weighted by Gasteiger charge is 2.43. The minimum absolute atomic E-state index is 0.278. The second-order valence-corrected chi connectivity index (χ2v) is 5.69. The highest BCUT2D eigenvalue weighted by atomic mass is 15.0. The smallest absolute Gasteiger partial charge is 0.149 e. The Hall–Kier alpha value is -1.74. The summed E-state index contributed by atoms with van der Waals surface area (Å²) in [5.41, 5.74) is 11.6. The molecule has 0 aliphatic heterocycles. The van der Waals surface area contributed by atoms with Crippen molar-refractivity contribution in [3.63, 3.8) is 0 Å². The highest BCUT2D eigenvalue weighted by Crippen LogP contribution is 2.41. The van der Waals surface area contributed by atoms with E-state index in [4.69, 9.17) is 10.7 Å². The Kier molecular flexibility index (Phi) is 2.68. The molecule has 0 radical (unpaired) electrons. The van der Waals surface area contributed by atoms with E-state index < -0.39 is 0 Å². The number of benzene rings is 1. The molecule has 1 aliphatic carbocycles. The van der Waals surface area contributed by atoms with Gasteiger partial charge in [-0.15, -0.1) is 0 Å². The van der Waals surface area contributed by atoms with Crippen molar-refractivity contribution < 1.29 is 0 Å². The third kappa shape index (κ3) is 2.26. The normalized spacial score (nSPS) is 16.4. The third-order valence-electron chi connectivity index (χ3n) is 3.75. The number of hydrogen-bond acceptors (Lipinski definition) is 3. The number of hydrogen-bond donors (Lipinski definition) is 1. The van der Waals surface area contributed by atoms with Crippen LogP contribution in [-0.4, -0.2) is 9.97 Å². The average molecular weight is 253 g/mol. The van der Waals surface area contributed by atoms with E-state index in [0.717, 1.165) is 30.1 Å². The number of rotatable bonds is 2. The molecule has 3 heteroatoms. The Labute approximate surface area is 113 Å². The molecular formula is C16H19N3. The summed E-state index contributed by atoms with van der Waals surface area (Å²) in [6.07, 6.45) is 1.98. The molecule has 1 aliphatic rings. The Morgan fingerprint density at radius 3 is 2.42 bits per heavy atom. The highest BCUT2D eigenvalue weighted by molar-refractivity contribution is 5.64. The molecule has 0 saturated heterocycles. The van der Waals surface area contributed by atoms with Gasteiger partial charge in [0.15, 0.2) is 0 Å². The molecule has 0 unspecified atom stereocenters. The van der Waals surface area contributed by atoms with E-state index in [1.807, 2.05) is 13.0 Å². The first-order valence-electron chi connectivity index (χ1n) is 6.71. The minimum Gasteiger partial charge on any atom is -0.319 e. The van der Waals surface area contributed by atoms with Crippen molar-refractivity contribution >= 4 is 0 Å². The van der Waals surface area contributed by atoms with Crippen molar-refractivity contribution in [2.45, 2.75) is 39.2 Å². The Morgan fingerprint density at radius 2 is 1.79 bits per heavy atom. The number of nitrogens with zero attached hydrogens (tertiary/aromatic N) is 2. The molecule has 1 heterocycles. The lowest BCUT2D eigenvalue weighted by molar-refractivity contribution is 0.669. The molecule has 19 heavy (non-hydrogen) atoms. The lowest BCUT2D eigenvalue weighted by Gasteiger charge is -2.12. The predicted octanol–water partition coefficient (Wildman–Crippen LogP) is 3.02. The van der Waals surface area contributed by atoms with Crippen LogP contribution in [-0.2, 0) is 5.54 Å². The standard InChI is InChI=1S/C16H19N3/c1-10-4-5-13(11(2)8-10)14-9-12(3)18-15(19-14)16(17)6-7-16/h4-5,8-9H,6-7,17H2,1-3H3. The SMILES string of the molecule is Cc1ccc(-c2cc(C)nc(C3(N)CC3)n2)c(C)c1. The summed E-state index contributed by atoms with van der Waals surface area (Å²) in [6, 6.07) is 8.47. The Balaban J connectivity index is 2.12. The first-order valence-corrected chi connectivity index (χ1v) is 6.71. The van der Waals surface area contributed by atoms with Crippen LogP contribution in [0.2, 0.25) is 0 Å². The van der Waals surface area contributed by atoms with Gasteiger partial charge in [-0.3, -0.25) is 0 Å². The van der Waals surface area contributed by atoms with Gasteiger partial charge in [-0.05, 0) is 45.2 Å². The molecule has 2 N–H and O–H groups in total. The fourth-order valence-corrected chi connectivity index (χ4v) is 2.39. The van der Waals surface area contributed by atoms with Gasteiger partial charge in [0.25, 0.3) is 0 Å². The fourth-order valence-electron chi connectivity index (χ4n) is 2.39. The monoisotopic (exact) mass is 253 g/mol. The molecule has 3 rings (SSSR count). The molecule has 2 aromatic rings. The van der Waals surface area contributed by atoms with E-state index in [9.17, 15) is 0 Å². The van der Waals surface area contributed by atoms with Crippen molar-refractivity contribution in [2.75, 3.05) is 0 Å². The van der Waals surface area contributed by atoms with Gasteiger partial charge in [-0.25, -0.2) is 9.97 Å². The van der Waals surface area contributed by atoms with Gasteiger partial charge in [-0.1, -0.05) is 23.8 Å². The van der Waals surface area contributed by atoms with Crippen LogP contribution in [0.3, 0.4) is 0 Å². The summed E-state index contributed by atoms with van der Waals surface area (Å²) in [5.74, 6) is 0.794. The predicted molar refractivity (Wildman–Crippen MR) is 76.8 cm³/mol. The van der Waals surface area contributed by atoms with E-state index in [2.05, 4.69) is 37.0 Å². The zero-order valence-electron chi connectivity index (χ0n) is 11.7. The van der Waals surface area contributed by atoms with E-state index in [1.165, 1.54) is 16.7 Å². The molecule has 0 bridgehead atoms. The molecule has 3 nitrogen and oxygen atoms in total. The number of nitrogens with two attached hydrogens (primary N) is 1. The fraction of sp³-hybridized carbons (Fsp3) is 0.375. The van der Waals surface area contributed by atoms with Crippen LogP contribution in [0.4, 0.5) is 0 Å². The van der Waals surface area contributed by atoms with Crippen molar-refractivity contribution in [1.29, 1.82) is 0 Å². The number of aryl methyl sites for hydroxylation is 3. The third-order valence-corrected chi connectivity index (χ3v) is 3.75. The second kappa shape index (κ2) is 4.14. The Morgan fingerprint density at radius 1 is 1.05 bits per heavy atom. The number of aromatic nitrogens is 2. The lowest BCUT2D eigenvalue weighted by atomic mass is 10.0. The second-order valence-electron chi connectivity index (χ2n) is 5.69.